The third-order valence-corrected chi connectivity index (χ3v) is 4.83. The molecule has 0 amide bonds. The van der Waals surface area contributed by atoms with Crippen molar-refractivity contribution >= 4 is 0 Å². The molecular formula is C22H30N2O4. The van der Waals surface area contributed by atoms with Crippen molar-refractivity contribution in [2.75, 3.05) is 46.6 Å². The second kappa shape index (κ2) is 10.3. The van der Waals surface area contributed by atoms with Gasteiger partial charge in [-0.3, -0.25) is 4.90 Å². The van der Waals surface area contributed by atoms with Crippen LogP contribution in [0.2, 0.25) is 0 Å². The van der Waals surface area contributed by atoms with Gasteiger partial charge in [0.1, 0.15) is 18.1 Å². The van der Waals surface area contributed by atoms with E-state index in [1.54, 1.807) is 13.2 Å². The summed E-state index contributed by atoms with van der Waals surface area (Å²) in [5.74, 6) is 3.39. The van der Waals surface area contributed by atoms with Crippen LogP contribution in [0.3, 0.4) is 0 Å². The molecule has 0 radical (unpaired) electrons. The van der Waals surface area contributed by atoms with E-state index >= 15 is 0 Å². The molecule has 1 fully saturated rings. The second-order valence-electron chi connectivity index (χ2n) is 6.83. The van der Waals surface area contributed by atoms with Crippen molar-refractivity contribution < 1.29 is 18.6 Å². The Labute approximate surface area is 167 Å². The van der Waals surface area contributed by atoms with Gasteiger partial charge in [0.2, 0.25) is 0 Å². The number of benzene rings is 1. The third-order valence-electron chi connectivity index (χ3n) is 4.83. The lowest BCUT2D eigenvalue weighted by Gasteiger charge is -2.33. The number of nitrogens with one attached hydrogen (secondary N) is 1. The van der Waals surface area contributed by atoms with E-state index in [1.807, 2.05) is 25.1 Å². The van der Waals surface area contributed by atoms with E-state index in [9.17, 15) is 0 Å². The zero-order valence-corrected chi connectivity index (χ0v) is 16.8. The van der Waals surface area contributed by atoms with Gasteiger partial charge in [0.25, 0.3) is 0 Å². The molecule has 1 N–H and O–H groups in total. The predicted octanol–water partition coefficient (Wildman–Crippen LogP) is 3.32. The van der Waals surface area contributed by atoms with Crippen LogP contribution in [0.5, 0.6) is 11.5 Å². The Morgan fingerprint density at radius 2 is 2.04 bits per heavy atom. The molecule has 1 aliphatic rings. The molecule has 0 bridgehead atoms. The van der Waals surface area contributed by atoms with Crippen LogP contribution in [-0.4, -0.2) is 51.5 Å². The standard InChI is InChI=1S/C22H30N2O4/c1-4-11-27-21-8-6-18(14-22(21)25-3)15-23-16-19(20-7-5-17(2)28-20)24-9-12-26-13-10-24/h4-8,14,19,23H,1,9-13,15-16H2,2-3H3. The first-order valence-corrected chi connectivity index (χ1v) is 9.70. The normalized spacial score (nSPS) is 15.9. The van der Waals surface area contributed by atoms with Crippen molar-refractivity contribution in [3.8, 4) is 11.5 Å². The van der Waals surface area contributed by atoms with Gasteiger partial charge in [0, 0.05) is 26.2 Å². The molecule has 1 saturated heterocycles. The number of hydrogen-bond donors (Lipinski definition) is 1. The van der Waals surface area contributed by atoms with Gasteiger partial charge in [-0.15, -0.1) is 0 Å². The number of methoxy groups -OCH3 is 1. The van der Waals surface area contributed by atoms with E-state index in [0.717, 1.165) is 68.0 Å². The summed E-state index contributed by atoms with van der Waals surface area (Å²) in [6.45, 7) is 11.0. The molecule has 1 atom stereocenters. The average molecular weight is 386 g/mol. The maximum atomic E-state index is 5.92. The molecule has 3 rings (SSSR count). The van der Waals surface area contributed by atoms with Crippen molar-refractivity contribution in [3.63, 3.8) is 0 Å². The minimum absolute atomic E-state index is 0.190. The first-order valence-electron chi connectivity index (χ1n) is 9.70. The van der Waals surface area contributed by atoms with Crippen LogP contribution in [0.4, 0.5) is 0 Å². The number of morpholine rings is 1. The monoisotopic (exact) mass is 386 g/mol. The highest BCUT2D eigenvalue weighted by Gasteiger charge is 2.24. The van der Waals surface area contributed by atoms with Crippen LogP contribution in [0.15, 0.2) is 47.4 Å². The Morgan fingerprint density at radius 3 is 2.71 bits per heavy atom. The lowest BCUT2D eigenvalue weighted by Crippen LogP contribution is -2.42. The van der Waals surface area contributed by atoms with Crippen molar-refractivity contribution in [1.82, 2.24) is 10.2 Å². The van der Waals surface area contributed by atoms with Crippen molar-refractivity contribution in [3.05, 3.63) is 60.1 Å². The molecule has 0 spiro atoms. The molecule has 6 heteroatoms. The van der Waals surface area contributed by atoms with E-state index in [1.165, 1.54) is 0 Å². The summed E-state index contributed by atoms with van der Waals surface area (Å²) in [6.07, 6.45) is 1.72. The number of hydrogen-bond acceptors (Lipinski definition) is 6. The number of aryl methyl sites for hydroxylation is 1. The average Bonchev–Trinajstić information content (AvgIpc) is 3.16. The van der Waals surface area contributed by atoms with Crippen LogP contribution >= 0.6 is 0 Å². The topological polar surface area (TPSA) is 56.1 Å². The van der Waals surface area contributed by atoms with Crippen molar-refractivity contribution in [1.29, 1.82) is 0 Å². The smallest absolute Gasteiger partial charge is 0.161 e. The number of nitrogens with zero attached hydrogens (tertiary/aromatic N) is 1. The molecule has 1 aromatic heterocycles. The van der Waals surface area contributed by atoms with Gasteiger partial charge in [-0.1, -0.05) is 18.7 Å². The molecule has 28 heavy (non-hydrogen) atoms. The van der Waals surface area contributed by atoms with Crippen LogP contribution in [-0.2, 0) is 11.3 Å². The number of ether oxygens (including phenoxy) is 3. The van der Waals surface area contributed by atoms with Gasteiger partial charge in [0.15, 0.2) is 11.5 Å². The molecule has 2 aromatic rings. The van der Waals surface area contributed by atoms with E-state index in [0.29, 0.717) is 6.61 Å². The summed E-state index contributed by atoms with van der Waals surface area (Å²) in [6, 6.07) is 10.3. The molecule has 1 aromatic carbocycles. The zero-order valence-electron chi connectivity index (χ0n) is 16.8. The quantitative estimate of drug-likeness (QED) is 0.632. The van der Waals surface area contributed by atoms with Crippen LogP contribution in [0, 0.1) is 6.92 Å². The molecule has 0 saturated carbocycles. The Balaban J connectivity index is 1.62. The summed E-state index contributed by atoms with van der Waals surface area (Å²) < 4.78 is 22.5. The summed E-state index contributed by atoms with van der Waals surface area (Å²) in [7, 11) is 1.65. The summed E-state index contributed by atoms with van der Waals surface area (Å²) >= 11 is 0. The van der Waals surface area contributed by atoms with E-state index in [-0.39, 0.29) is 6.04 Å². The van der Waals surface area contributed by atoms with Crippen molar-refractivity contribution in [2.45, 2.75) is 19.5 Å². The van der Waals surface area contributed by atoms with Crippen molar-refractivity contribution in [2.24, 2.45) is 0 Å². The lowest BCUT2D eigenvalue weighted by atomic mass is 10.1. The molecule has 1 aliphatic heterocycles. The van der Waals surface area contributed by atoms with Crippen LogP contribution in [0.25, 0.3) is 0 Å². The minimum Gasteiger partial charge on any atom is -0.493 e. The largest absolute Gasteiger partial charge is 0.493 e. The summed E-state index contributed by atoms with van der Waals surface area (Å²) in [4.78, 5) is 2.42. The Kier molecular flexibility index (Phi) is 7.54. The Morgan fingerprint density at radius 1 is 1.21 bits per heavy atom. The molecule has 2 heterocycles. The SMILES string of the molecule is C=CCOc1ccc(CNCC(c2ccc(C)o2)N2CCOCC2)cc1OC. The number of furan rings is 1. The zero-order chi connectivity index (χ0) is 19.8. The highest BCUT2D eigenvalue weighted by atomic mass is 16.5. The molecule has 6 nitrogen and oxygen atoms in total. The first kappa shape index (κ1) is 20.5. The summed E-state index contributed by atoms with van der Waals surface area (Å²) in [5, 5.41) is 3.57. The predicted molar refractivity (Wildman–Crippen MR) is 109 cm³/mol. The minimum atomic E-state index is 0.190. The van der Waals surface area contributed by atoms with Crippen LogP contribution in [0.1, 0.15) is 23.1 Å². The second-order valence-corrected chi connectivity index (χ2v) is 6.83. The van der Waals surface area contributed by atoms with E-state index < -0.39 is 0 Å². The van der Waals surface area contributed by atoms with Gasteiger partial charge in [-0.25, -0.2) is 0 Å². The van der Waals surface area contributed by atoms with Gasteiger partial charge in [0.05, 0.1) is 26.4 Å². The Hall–Kier alpha value is -2.28. The molecule has 0 aliphatic carbocycles. The van der Waals surface area contributed by atoms with E-state index in [2.05, 4.69) is 28.9 Å². The van der Waals surface area contributed by atoms with Gasteiger partial charge >= 0.3 is 0 Å². The third kappa shape index (κ3) is 5.38. The fourth-order valence-electron chi connectivity index (χ4n) is 3.37. The summed E-state index contributed by atoms with van der Waals surface area (Å²) in [5.41, 5.74) is 1.14. The highest BCUT2D eigenvalue weighted by molar-refractivity contribution is 5.43. The van der Waals surface area contributed by atoms with Crippen LogP contribution < -0.4 is 14.8 Å². The first-order chi connectivity index (χ1) is 13.7. The maximum Gasteiger partial charge on any atom is 0.161 e. The van der Waals surface area contributed by atoms with Gasteiger partial charge in [-0.2, -0.15) is 0 Å². The maximum absolute atomic E-state index is 5.92. The Bertz CT molecular complexity index is 753. The van der Waals surface area contributed by atoms with E-state index in [4.69, 9.17) is 18.6 Å². The highest BCUT2D eigenvalue weighted by Crippen LogP contribution is 2.28. The fourth-order valence-corrected chi connectivity index (χ4v) is 3.37. The number of rotatable bonds is 10. The molecule has 152 valence electrons. The van der Waals surface area contributed by atoms with Gasteiger partial charge < -0.3 is 23.9 Å². The molecule has 1 unspecified atom stereocenters. The molecular weight excluding hydrogens is 356 g/mol. The lowest BCUT2D eigenvalue weighted by molar-refractivity contribution is 0.0115. The van der Waals surface area contributed by atoms with Gasteiger partial charge in [-0.05, 0) is 36.8 Å². The fraction of sp³-hybridized carbons (Fsp3) is 0.455.